The lowest BCUT2D eigenvalue weighted by Gasteiger charge is -1.89. The van der Waals surface area contributed by atoms with E-state index in [0.717, 1.165) is 5.56 Å². The predicted octanol–water partition coefficient (Wildman–Crippen LogP) is 1.84. The van der Waals surface area contributed by atoms with Crippen molar-refractivity contribution in [1.82, 2.24) is 4.98 Å². The van der Waals surface area contributed by atoms with Crippen LogP contribution in [-0.2, 0) is 0 Å². The summed E-state index contributed by atoms with van der Waals surface area (Å²) in [5.41, 5.74) is 1.02. The first-order valence-electron chi connectivity index (χ1n) is 2.29. The van der Waals surface area contributed by atoms with Crippen molar-refractivity contribution >= 4 is 11.6 Å². The molecule has 1 aromatic heterocycles. The third-order valence-corrected chi connectivity index (χ3v) is 1.29. The molecule has 0 N–H and O–H groups in total. The van der Waals surface area contributed by atoms with Gasteiger partial charge in [-0.2, -0.15) is 0 Å². The van der Waals surface area contributed by atoms with Crippen molar-refractivity contribution < 1.29 is 0 Å². The molecule has 1 heterocycles. The lowest BCUT2D eigenvalue weighted by atomic mass is 10.3. The average Bonchev–Trinajstić information content (AvgIpc) is 1.77. The van der Waals surface area contributed by atoms with Gasteiger partial charge in [0.1, 0.15) is 6.20 Å². The molecule has 8 heavy (non-hydrogen) atoms. The first kappa shape index (κ1) is 5.57. The summed E-state index contributed by atoms with van der Waals surface area (Å²) in [6.45, 7) is 1.92. The lowest BCUT2D eigenvalue weighted by Crippen LogP contribution is -1.74. The van der Waals surface area contributed by atoms with E-state index in [0.29, 0.717) is 5.02 Å². The zero-order valence-electron chi connectivity index (χ0n) is 4.48. The normalized spacial score (nSPS) is 9.25. The highest BCUT2D eigenvalue weighted by atomic mass is 35.5. The molecule has 0 aliphatic heterocycles. The van der Waals surface area contributed by atoms with Crippen molar-refractivity contribution in [1.29, 1.82) is 0 Å². The van der Waals surface area contributed by atoms with Crippen molar-refractivity contribution in [2.45, 2.75) is 6.92 Å². The highest BCUT2D eigenvalue weighted by molar-refractivity contribution is 6.31. The van der Waals surface area contributed by atoms with Gasteiger partial charge in [-0.05, 0) is 18.6 Å². The Bertz CT molecular complexity index is 165. The van der Waals surface area contributed by atoms with Crippen LogP contribution in [0.5, 0.6) is 0 Å². The fourth-order valence-electron chi connectivity index (χ4n) is 0.404. The van der Waals surface area contributed by atoms with Crippen molar-refractivity contribution in [2.24, 2.45) is 0 Å². The number of hydrogen-bond acceptors (Lipinski definition) is 1. The first-order valence-corrected chi connectivity index (χ1v) is 2.67. The quantitative estimate of drug-likeness (QED) is 0.517. The van der Waals surface area contributed by atoms with Crippen LogP contribution < -0.4 is 0 Å². The fourth-order valence-corrected chi connectivity index (χ4v) is 0.516. The highest BCUT2D eigenvalue weighted by Crippen LogP contribution is 2.09. The minimum Gasteiger partial charge on any atom is -0.253 e. The number of aryl methyl sites for hydroxylation is 1. The molecule has 0 atom stereocenters. The lowest BCUT2D eigenvalue weighted by molar-refractivity contribution is 1.27. The summed E-state index contributed by atoms with van der Waals surface area (Å²) in [5.74, 6) is 0. The van der Waals surface area contributed by atoms with Gasteiger partial charge in [0.2, 0.25) is 0 Å². The molecule has 0 bridgehead atoms. The number of nitrogens with zero attached hydrogens (tertiary/aromatic N) is 1. The van der Waals surface area contributed by atoms with Crippen LogP contribution in [-0.4, -0.2) is 4.98 Å². The van der Waals surface area contributed by atoms with Crippen LogP contribution in [0.1, 0.15) is 5.56 Å². The molecular formula is C6H5ClN. The molecule has 1 rings (SSSR count). The van der Waals surface area contributed by atoms with Crippen LogP contribution in [0.15, 0.2) is 12.3 Å². The zero-order valence-corrected chi connectivity index (χ0v) is 5.24. The van der Waals surface area contributed by atoms with Gasteiger partial charge in [0.05, 0.1) is 5.02 Å². The van der Waals surface area contributed by atoms with Gasteiger partial charge in [0.15, 0.2) is 0 Å². The standard InChI is InChI=1S/C6H5ClN/c1-5-2-3-8-4-6(5)7/h2-3H,1H3. The Labute approximate surface area is 53.3 Å². The summed E-state index contributed by atoms with van der Waals surface area (Å²) in [7, 11) is 0. The van der Waals surface area contributed by atoms with Crippen molar-refractivity contribution in [3.8, 4) is 0 Å². The number of aromatic nitrogens is 1. The molecule has 0 spiro atoms. The van der Waals surface area contributed by atoms with Crippen LogP contribution in [0.2, 0.25) is 5.02 Å². The third kappa shape index (κ3) is 0.984. The molecule has 0 aliphatic carbocycles. The highest BCUT2D eigenvalue weighted by Gasteiger charge is 1.88. The van der Waals surface area contributed by atoms with Crippen LogP contribution in [0, 0.1) is 13.1 Å². The summed E-state index contributed by atoms with van der Waals surface area (Å²) in [4.78, 5) is 3.69. The number of rotatable bonds is 0. The molecule has 0 aromatic carbocycles. The van der Waals surface area contributed by atoms with Gasteiger partial charge in [-0.3, -0.25) is 4.98 Å². The predicted molar refractivity (Wildman–Crippen MR) is 32.8 cm³/mol. The van der Waals surface area contributed by atoms with Gasteiger partial charge in [-0.25, -0.2) is 0 Å². The molecule has 1 radical (unpaired) electrons. The largest absolute Gasteiger partial charge is 0.253 e. The molecule has 0 fully saturated rings. The second kappa shape index (κ2) is 2.14. The van der Waals surface area contributed by atoms with Gasteiger partial charge in [0, 0.05) is 6.20 Å². The van der Waals surface area contributed by atoms with E-state index in [1.807, 2.05) is 13.0 Å². The Morgan fingerprint density at radius 1 is 1.75 bits per heavy atom. The van der Waals surface area contributed by atoms with Crippen LogP contribution in [0.3, 0.4) is 0 Å². The fraction of sp³-hybridized carbons (Fsp3) is 0.167. The molecule has 41 valence electrons. The summed E-state index contributed by atoms with van der Waals surface area (Å²) in [6, 6.07) is 1.85. The van der Waals surface area contributed by atoms with Crippen LogP contribution in [0.25, 0.3) is 0 Å². The van der Waals surface area contributed by atoms with Crippen molar-refractivity contribution in [3.63, 3.8) is 0 Å². The molecule has 1 aromatic rings. The molecule has 0 aliphatic rings. The topological polar surface area (TPSA) is 12.9 Å². The molecule has 0 unspecified atom stereocenters. The van der Waals surface area contributed by atoms with Gasteiger partial charge in [0.25, 0.3) is 0 Å². The van der Waals surface area contributed by atoms with E-state index in [-0.39, 0.29) is 0 Å². The maximum Gasteiger partial charge on any atom is 0.109 e. The smallest absolute Gasteiger partial charge is 0.109 e. The summed E-state index contributed by atoms with van der Waals surface area (Å²) >= 11 is 5.59. The number of hydrogen-bond donors (Lipinski definition) is 0. The first-order chi connectivity index (χ1) is 3.80. The Morgan fingerprint density at radius 2 is 2.50 bits per heavy atom. The number of pyridine rings is 1. The zero-order chi connectivity index (χ0) is 5.98. The Balaban J connectivity index is 3.13. The van der Waals surface area contributed by atoms with Gasteiger partial charge < -0.3 is 0 Å². The SMILES string of the molecule is Cc1ccn[c]c1Cl. The van der Waals surface area contributed by atoms with Crippen molar-refractivity contribution in [3.05, 3.63) is 29.0 Å². The van der Waals surface area contributed by atoms with E-state index in [4.69, 9.17) is 11.6 Å². The van der Waals surface area contributed by atoms with E-state index in [1.165, 1.54) is 0 Å². The minimum atomic E-state index is 0.604. The van der Waals surface area contributed by atoms with Gasteiger partial charge in [-0.1, -0.05) is 11.6 Å². The van der Waals surface area contributed by atoms with E-state index >= 15 is 0 Å². The van der Waals surface area contributed by atoms with E-state index < -0.39 is 0 Å². The third-order valence-electron chi connectivity index (χ3n) is 0.908. The minimum absolute atomic E-state index is 0.604. The average molecular weight is 127 g/mol. The summed E-state index contributed by atoms with van der Waals surface area (Å²) in [5, 5.41) is 0.604. The van der Waals surface area contributed by atoms with E-state index in [2.05, 4.69) is 11.2 Å². The van der Waals surface area contributed by atoms with Crippen LogP contribution in [0.4, 0.5) is 0 Å². The molecule has 0 saturated heterocycles. The maximum atomic E-state index is 5.59. The van der Waals surface area contributed by atoms with Gasteiger partial charge in [-0.15, -0.1) is 0 Å². The maximum absolute atomic E-state index is 5.59. The molecule has 0 saturated carbocycles. The van der Waals surface area contributed by atoms with E-state index in [9.17, 15) is 0 Å². The Kier molecular flexibility index (Phi) is 1.49. The van der Waals surface area contributed by atoms with E-state index in [1.54, 1.807) is 6.20 Å². The van der Waals surface area contributed by atoms with Gasteiger partial charge >= 0.3 is 0 Å². The second-order valence-corrected chi connectivity index (χ2v) is 1.93. The second-order valence-electron chi connectivity index (χ2n) is 1.55. The molecule has 2 heteroatoms. The Hall–Kier alpha value is -0.560. The molecule has 1 nitrogen and oxygen atoms in total. The van der Waals surface area contributed by atoms with Crippen LogP contribution >= 0.6 is 11.6 Å². The monoisotopic (exact) mass is 126 g/mol. The molecular weight excluding hydrogens is 122 g/mol. The summed E-state index contributed by atoms with van der Waals surface area (Å²) in [6.07, 6.45) is 4.28. The Morgan fingerprint density at radius 3 is 2.88 bits per heavy atom. The number of halogens is 1. The van der Waals surface area contributed by atoms with Crippen molar-refractivity contribution in [2.75, 3.05) is 0 Å². The summed E-state index contributed by atoms with van der Waals surface area (Å²) < 4.78 is 0. The molecule has 0 amide bonds.